The Morgan fingerprint density at radius 1 is 1.37 bits per heavy atom. The molecular formula is C12H20BrN3O2S. The molecule has 0 aliphatic heterocycles. The summed E-state index contributed by atoms with van der Waals surface area (Å²) in [5, 5.41) is 0. The predicted octanol–water partition coefficient (Wildman–Crippen LogP) is 1.53. The van der Waals surface area contributed by atoms with Crippen molar-refractivity contribution >= 4 is 31.6 Å². The van der Waals surface area contributed by atoms with Gasteiger partial charge in [-0.05, 0) is 48.0 Å². The topological polar surface area (TPSA) is 75.4 Å². The minimum atomic E-state index is -3.58. The number of benzene rings is 1. The fraction of sp³-hybridized carbons (Fsp3) is 0.500. The van der Waals surface area contributed by atoms with Crippen LogP contribution >= 0.6 is 15.9 Å². The predicted molar refractivity (Wildman–Crippen MR) is 81.9 cm³/mol. The van der Waals surface area contributed by atoms with Gasteiger partial charge in [0, 0.05) is 36.3 Å². The zero-order valence-corrected chi connectivity index (χ0v) is 14.0. The second kappa shape index (κ2) is 5.78. The zero-order chi connectivity index (χ0) is 14.8. The number of nitrogens with one attached hydrogen (secondary N) is 1. The third-order valence-corrected chi connectivity index (χ3v) is 4.83. The van der Waals surface area contributed by atoms with Crippen LogP contribution < -0.4 is 15.4 Å². The van der Waals surface area contributed by atoms with Crippen molar-refractivity contribution in [2.45, 2.75) is 24.3 Å². The van der Waals surface area contributed by atoms with E-state index in [1.165, 1.54) is 0 Å². The van der Waals surface area contributed by atoms with Crippen LogP contribution in [0.5, 0.6) is 0 Å². The number of anilines is 1. The van der Waals surface area contributed by atoms with Crippen LogP contribution in [0.2, 0.25) is 0 Å². The molecule has 0 fully saturated rings. The molecule has 0 amide bonds. The first kappa shape index (κ1) is 16.4. The highest BCUT2D eigenvalue weighted by molar-refractivity contribution is 9.10. The van der Waals surface area contributed by atoms with Crippen LogP contribution in [0, 0.1) is 0 Å². The molecule has 1 rings (SSSR count). The molecule has 0 unspecified atom stereocenters. The molecule has 0 aliphatic rings. The van der Waals surface area contributed by atoms with Gasteiger partial charge in [0.2, 0.25) is 10.0 Å². The summed E-state index contributed by atoms with van der Waals surface area (Å²) in [4.78, 5) is 2.06. The molecule has 5 nitrogen and oxygen atoms in total. The monoisotopic (exact) mass is 349 g/mol. The lowest BCUT2D eigenvalue weighted by molar-refractivity contribution is 0.498. The first-order valence-corrected chi connectivity index (χ1v) is 8.06. The van der Waals surface area contributed by atoms with Gasteiger partial charge in [-0.15, -0.1) is 0 Å². The van der Waals surface area contributed by atoms with Gasteiger partial charge in [-0.25, -0.2) is 13.1 Å². The van der Waals surface area contributed by atoms with Gasteiger partial charge in [0.25, 0.3) is 0 Å². The van der Waals surface area contributed by atoms with E-state index in [0.29, 0.717) is 4.47 Å². The number of nitrogens with two attached hydrogens (primary N) is 1. The SMILES string of the molecule is CN(C)c1ccc(Br)c(S(=O)(=O)NCC(C)(C)N)c1. The van der Waals surface area contributed by atoms with Crippen molar-refractivity contribution in [2.24, 2.45) is 5.73 Å². The zero-order valence-electron chi connectivity index (χ0n) is 11.6. The van der Waals surface area contributed by atoms with Crippen LogP contribution in [-0.2, 0) is 10.0 Å². The molecule has 0 bridgehead atoms. The van der Waals surface area contributed by atoms with Crippen LogP contribution in [0.1, 0.15) is 13.8 Å². The van der Waals surface area contributed by atoms with Crippen LogP contribution in [0.4, 0.5) is 5.69 Å². The molecule has 7 heteroatoms. The van der Waals surface area contributed by atoms with Gasteiger partial charge >= 0.3 is 0 Å². The summed E-state index contributed by atoms with van der Waals surface area (Å²) >= 11 is 3.27. The van der Waals surface area contributed by atoms with Crippen molar-refractivity contribution in [3.8, 4) is 0 Å². The third kappa shape index (κ3) is 4.76. The Kier molecular flexibility index (Phi) is 5.00. The fourth-order valence-electron chi connectivity index (χ4n) is 1.33. The van der Waals surface area contributed by atoms with E-state index in [1.807, 2.05) is 25.1 Å². The van der Waals surface area contributed by atoms with E-state index in [0.717, 1.165) is 5.69 Å². The Bertz CT molecular complexity index is 551. The van der Waals surface area contributed by atoms with E-state index >= 15 is 0 Å². The van der Waals surface area contributed by atoms with E-state index in [-0.39, 0.29) is 11.4 Å². The molecule has 19 heavy (non-hydrogen) atoms. The highest BCUT2D eigenvalue weighted by atomic mass is 79.9. The first-order valence-electron chi connectivity index (χ1n) is 5.78. The minimum Gasteiger partial charge on any atom is -0.378 e. The highest BCUT2D eigenvalue weighted by Gasteiger charge is 2.21. The van der Waals surface area contributed by atoms with Crippen LogP contribution in [0.3, 0.4) is 0 Å². The lowest BCUT2D eigenvalue weighted by Crippen LogP contribution is -2.45. The maximum absolute atomic E-state index is 12.3. The van der Waals surface area contributed by atoms with Crippen molar-refractivity contribution in [3.63, 3.8) is 0 Å². The molecule has 0 spiro atoms. The Balaban J connectivity index is 3.10. The van der Waals surface area contributed by atoms with Crippen molar-refractivity contribution in [3.05, 3.63) is 22.7 Å². The summed E-state index contributed by atoms with van der Waals surface area (Å²) in [6.45, 7) is 3.70. The van der Waals surface area contributed by atoms with E-state index in [2.05, 4.69) is 20.7 Å². The first-order chi connectivity index (χ1) is 8.53. The van der Waals surface area contributed by atoms with Crippen LogP contribution in [0.15, 0.2) is 27.6 Å². The molecule has 3 N–H and O–H groups in total. The second-order valence-corrected chi connectivity index (χ2v) is 7.91. The van der Waals surface area contributed by atoms with Crippen molar-refractivity contribution in [1.29, 1.82) is 0 Å². The summed E-state index contributed by atoms with van der Waals surface area (Å²) < 4.78 is 27.6. The van der Waals surface area contributed by atoms with Gasteiger partial charge in [0.05, 0.1) is 4.90 Å². The van der Waals surface area contributed by atoms with Gasteiger partial charge in [-0.1, -0.05) is 0 Å². The van der Waals surface area contributed by atoms with Gasteiger partial charge in [0.1, 0.15) is 0 Å². The summed E-state index contributed by atoms with van der Waals surface area (Å²) in [7, 11) is 0.131. The molecule has 108 valence electrons. The quantitative estimate of drug-likeness (QED) is 0.845. The number of sulfonamides is 1. The van der Waals surface area contributed by atoms with E-state index in [1.54, 1.807) is 26.0 Å². The molecule has 0 atom stereocenters. The minimum absolute atomic E-state index is 0.175. The smallest absolute Gasteiger partial charge is 0.241 e. The molecule has 0 radical (unpaired) electrons. The molecular weight excluding hydrogens is 330 g/mol. The Hall–Kier alpha value is -0.630. The average molecular weight is 350 g/mol. The molecule has 1 aromatic rings. The normalized spacial score (nSPS) is 12.5. The van der Waals surface area contributed by atoms with E-state index in [9.17, 15) is 8.42 Å². The van der Waals surface area contributed by atoms with Gasteiger partial charge in [0.15, 0.2) is 0 Å². The number of hydrogen-bond acceptors (Lipinski definition) is 4. The third-order valence-electron chi connectivity index (χ3n) is 2.44. The summed E-state index contributed by atoms with van der Waals surface area (Å²) in [5.74, 6) is 0. The fourth-order valence-corrected chi connectivity index (χ4v) is 3.54. The molecule has 0 saturated heterocycles. The maximum Gasteiger partial charge on any atom is 0.241 e. The van der Waals surface area contributed by atoms with Crippen LogP contribution in [-0.4, -0.2) is 34.6 Å². The van der Waals surface area contributed by atoms with Crippen molar-refractivity contribution in [1.82, 2.24) is 4.72 Å². The van der Waals surface area contributed by atoms with Gasteiger partial charge < -0.3 is 10.6 Å². The molecule has 0 aliphatic carbocycles. The largest absolute Gasteiger partial charge is 0.378 e. The van der Waals surface area contributed by atoms with Crippen molar-refractivity contribution < 1.29 is 8.42 Å². The summed E-state index contributed by atoms with van der Waals surface area (Å²) in [6.07, 6.45) is 0. The Morgan fingerprint density at radius 2 is 1.95 bits per heavy atom. The molecule has 0 saturated carbocycles. The number of hydrogen-bond donors (Lipinski definition) is 2. The lowest BCUT2D eigenvalue weighted by Gasteiger charge is -2.20. The average Bonchev–Trinajstić information content (AvgIpc) is 2.25. The van der Waals surface area contributed by atoms with E-state index in [4.69, 9.17) is 5.73 Å². The summed E-state index contributed by atoms with van der Waals surface area (Å²) in [6, 6.07) is 5.18. The maximum atomic E-state index is 12.3. The number of halogens is 1. The Labute approximate surface area is 123 Å². The van der Waals surface area contributed by atoms with Crippen LogP contribution in [0.25, 0.3) is 0 Å². The van der Waals surface area contributed by atoms with Gasteiger partial charge in [-0.3, -0.25) is 0 Å². The molecule has 0 heterocycles. The summed E-state index contributed by atoms with van der Waals surface area (Å²) in [5.41, 5.74) is 6.01. The highest BCUT2D eigenvalue weighted by Crippen LogP contribution is 2.26. The number of rotatable bonds is 5. The number of nitrogens with zero attached hydrogens (tertiary/aromatic N) is 1. The second-order valence-electron chi connectivity index (χ2n) is 5.32. The molecule has 1 aromatic carbocycles. The van der Waals surface area contributed by atoms with Crippen molar-refractivity contribution in [2.75, 3.05) is 25.5 Å². The molecule has 0 aromatic heterocycles. The lowest BCUT2D eigenvalue weighted by atomic mass is 10.1. The Morgan fingerprint density at radius 3 is 2.42 bits per heavy atom. The van der Waals surface area contributed by atoms with E-state index < -0.39 is 15.6 Å². The standard InChI is InChI=1S/C12H20BrN3O2S/c1-12(2,14)8-15-19(17,18)11-7-9(16(3)4)5-6-10(11)13/h5-7,15H,8,14H2,1-4H3. The van der Waals surface area contributed by atoms with Gasteiger partial charge in [-0.2, -0.15) is 0 Å².